The predicted molar refractivity (Wildman–Crippen MR) is 53.2 cm³/mol. The number of nitrogens with zero attached hydrogens (tertiary/aromatic N) is 1. The Morgan fingerprint density at radius 2 is 1.94 bits per heavy atom. The van der Waals surface area contributed by atoms with Gasteiger partial charge in [0.25, 0.3) is 6.43 Å². The van der Waals surface area contributed by atoms with Gasteiger partial charge < -0.3 is 4.74 Å². The van der Waals surface area contributed by atoms with E-state index in [2.05, 4.69) is 0 Å². The molecule has 1 saturated heterocycles. The van der Waals surface area contributed by atoms with Crippen molar-refractivity contribution in [1.29, 1.82) is 0 Å². The molecule has 0 spiro atoms. The SMILES string of the molecule is CN1C(=O)OC(c2ccccc2)C1C(F)F. The number of hydrogen-bond acceptors (Lipinski definition) is 2. The Labute approximate surface area is 91.6 Å². The fourth-order valence-electron chi connectivity index (χ4n) is 1.80. The molecule has 2 unspecified atom stereocenters. The van der Waals surface area contributed by atoms with E-state index in [4.69, 9.17) is 4.74 Å². The third kappa shape index (κ3) is 1.73. The highest BCUT2D eigenvalue weighted by atomic mass is 19.3. The summed E-state index contributed by atoms with van der Waals surface area (Å²) in [5, 5.41) is 0. The quantitative estimate of drug-likeness (QED) is 0.776. The Hall–Kier alpha value is -1.65. The zero-order chi connectivity index (χ0) is 11.7. The minimum absolute atomic E-state index is 0.588. The first-order chi connectivity index (χ1) is 7.61. The van der Waals surface area contributed by atoms with Gasteiger partial charge in [-0.3, -0.25) is 4.90 Å². The molecule has 0 N–H and O–H groups in total. The van der Waals surface area contributed by atoms with E-state index in [0.717, 1.165) is 4.90 Å². The van der Waals surface area contributed by atoms with E-state index in [0.29, 0.717) is 5.56 Å². The average Bonchev–Trinajstić information content (AvgIpc) is 2.57. The lowest BCUT2D eigenvalue weighted by Crippen LogP contribution is -2.36. The number of halogens is 2. The molecule has 0 aliphatic carbocycles. The Morgan fingerprint density at radius 1 is 1.31 bits per heavy atom. The van der Waals surface area contributed by atoms with Gasteiger partial charge in [-0.1, -0.05) is 30.3 Å². The summed E-state index contributed by atoms with van der Waals surface area (Å²) in [5.74, 6) is 0. The topological polar surface area (TPSA) is 29.5 Å². The number of rotatable bonds is 2. The molecule has 86 valence electrons. The normalized spacial score (nSPS) is 25.0. The molecule has 0 aromatic heterocycles. The summed E-state index contributed by atoms with van der Waals surface area (Å²) in [4.78, 5) is 12.2. The second kappa shape index (κ2) is 4.08. The van der Waals surface area contributed by atoms with Crippen LogP contribution < -0.4 is 0 Å². The van der Waals surface area contributed by atoms with Gasteiger partial charge in [0.15, 0.2) is 6.10 Å². The fraction of sp³-hybridized carbons (Fsp3) is 0.364. The summed E-state index contributed by atoms with van der Waals surface area (Å²) >= 11 is 0. The third-order valence-electron chi connectivity index (χ3n) is 2.66. The maximum Gasteiger partial charge on any atom is 0.410 e. The Bertz CT molecular complexity index is 383. The van der Waals surface area contributed by atoms with Crippen LogP contribution in [-0.4, -0.2) is 30.5 Å². The highest BCUT2D eigenvalue weighted by Gasteiger charge is 2.45. The van der Waals surface area contributed by atoms with Crippen LogP contribution in [0.15, 0.2) is 30.3 Å². The standard InChI is InChI=1S/C11H11F2NO2/c1-14-8(10(12)13)9(16-11(14)15)7-5-3-2-4-6-7/h2-6,8-10H,1H3. The van der Waals surface area contributed by atoms with Crippen molar-refractivity contribution in [2.75, 3.05) is 7.05 Å². The van der Waals surface area contributed by atoms with E-state index in [-0.39, 0.29) is 0 Å². The molecular formula is C11H11F2NO2. The highest BCUT2D eigenvalue weighted by molar-refractivity contribution is 5.70. The van der Waals surface area contributed by atoms with Gasteiger partial charge in [0.2, 0.25) is 0 Å². The van der Waals surface area contributed by atoms with Crippen LogP contribution in [0.3, 0.4) is 0 Å². The Balaban J connectivity index is 2.31. The molecule has 0 bridgehead atoms. The van der Waals surface area contributed by atoms with Crippen LogP contribution in [0.25, 0.3) is 0 Å². The third-order valence-corrected chi connectivity index (χ3v) is 2.66. The number of alkyl halides is 2. The number of carbonyl (C=O) groups is 1. The molecule has 1 amide bonds. The van der Waals surface area contributed by atoms with E-state index in [9.17, 15) is 13.6 Å². The van der Waals surface area contributed by atoms with Crippen LogP contribution in [0.2, 0.25) is 0 Å². The lowest BCUT2D eigenvalue weighted by atomic mass is 10.0. The number of likely N-dealkylation sites (N-methyl/N-ethyl adjacent to an activating group) is 1. The molecule has 1 heterocycles. The van der Waals surface area contributed by atoms with Crippen molar-refractivity contribution in [3.63, 3.8) is 0 Å². The molecule has 2 atom stereocenters. The van der Waals surface area contributed by atoms with Crippen molar-refractivity contribution >= 4 is 6.09 Å². The molecule has 1 aromatic rings. The summed E-state index contributed by atoms with van der Waals surface area (Å²) in [5.41, 5.74) is 0.588. The summed E-state index contributed by atoms with van der Waals surface area (Å²) in [6, 6.07) is 7.36. The molecule has 0 saturated carbocycles. The molecule has 16 heavy (non-hydrogen) atoms. The number of benzene rings is 1. The van der Waals surface area contributed by atoms with Crippen molar-refractivity contribution in [2.45, 2.75) is 18.6 Å². The van der Waals surface area contributed by atoms with Crippen molar-refractivity contribution in [3.8, 4) is 0 Å². The fourth-order valence-corrected chi connectivity index (χ4v) is 1.80. The van der Waals surface area contributed by atoms with Crippen molar-refractivity contribution in [1.82, 2.24) is 4.90 Å². The maximum absolute atomic E-state index is 12.8. The summed E-state index contributed by atoms with van der Waals surface area (Å²) in [6.45, 7) is 0. The first-order valence-electron chi connectivity index (χ1n) is 4.88. The lowest BCUT2D eigenvalue weighted by molar-refractivity contribution is 0.0371. The summed E-state index contributed by atoms with van der Waals surface area (Å²) in [7, 11) is 1.32. The average molecular weight is 227 g/mol. The lowest BCUT2D eigenvalue weighted by Gasteiger charge is -2.20. The number of ether oxygens (including phenoxy) is 1. The van der Waals surface area contributed by atoms with Gasteiger partial charge in [0.1, 0.15) is 6.04 Å². The minimum Gasteiger partial charge on any atom is -0.439 e. The largest absolute Gasteiger partial charge is 0.439 e. The van der Waals surface area contributed by atoms with Crippen LogP contribution in [0.1, 0.15) is 11.7 Å². The first kappa shape index (κ1) is 10.9. The predicted octanol–water partition coefficient (Wildman–Crippen LogP) is 2.44. The number of hydrogen-bond donors (Lipinski definition) is 0. The van der Waals surface area contributed by atoms with Crippen molar-refractivity contribution < 1.29 is 18.3 Å². The second-order valence-electron chi connectivity index (χ2n) is 3.65. The molecule has 2 rings (SSSR count). The smallest absolute Gasteiger partial charge is 0.410 e. The van der Waals surface area contributed by atoms with Gasteiger partial charge in [0.05, 0.1) is 0 Å². The summed E-state index contributed by atoms with van der Waals surface area (Å²) < 4.78 is 30.6. The van der Waals surface area contributed by atoms with E-state index in [1.807, 2.05) is 0 Å². The molecule has 1 aromatic carbocycles. The first-order valence-corrected chi connectivity index (χ1v) is 4.88. The number of carbonyl (C=O) groups excluding carboxylic acids is 1. The van der Waals surface area contributed by atoms with Gasteiger partial charge in [0, 0.05) is 7.05 Å². The van der Waals surface area contributed by atoms with E-state index >= 15 is 0 Å². The monoisotopic (exact) mass is 227 g/mol. The number of cyclic esters (lactones) is 1. The molecule has 1 aliphatic rings. The minimum atomic E-state index is -2.62. The van der Waals surface area contributed by atoms with Crippen LogP contribution in [0.4, 0.5) is 13.6 Å². The molecule has 5 heteroatoms. The zero-order valence-corrected chi connectivity index (χ0v) is 8.64. The summed E-state index contributed by atoms with van der Waals surface area (Å²) in [6.07, 6.45) is -4.22. The highest BCUT2D eigenvalue weighted by Crippen LogP contribution is 2.34. The van der Waals surface area contributed by atoms with Gasteiger partial charge in [-0.05, 0) is 5.56 Å². The zero-order valence-electron chi connectivity index (χ0n) is 8.64. The van der Waals surface area contributed by atoms with E-state index in [1.54, 1.807) is 30.3 Å². The van der Waals surface area contributed by atoms with Gasteiger partial charge in [-0.15, -0.1) is 0 Å². The van der Waals surface area contributed by atoms with Gasteiger partial charge >= 0.3 is 6.09 Å². The van der Waals surface area contributed by atoms with Crippen molar-refractivity contribution in [2.24, 2.45) is 0 Å². The van der Waals surface area contributed by atoms with Crippen LogP contribution >= 0.6 is 0 Å². The van der Waals surface area contributed by atoms with Crippen LogP contribution in [-0.2, 0) is 4.74 Å². The molecule has 0 radical (unpaired) electrons. The molecule has 1 aliphatic heterocycles. The number of amides is 1. The molecule has 3 nitrogen and oxygen atoms in total. The van der Waals surface area contributed by atoms with Crippen LogP contribution in [0.5, 0.6) is 0 Å². The van der Waals surface area contributed by atoms with Crippen LogP contribution in [0, 0.1) is 0 Å². The second-order valence-corrected chi connectivity index (χ2v) is 3.65. The van der Waals surface area contributed by atoms with E-state index < -0.39 is 24.7 Å². The van der Waals surface area contributed by atoms with E-state index in [1.165, 1.54) is 7.05 Å². The van der Waals surface area contributed by atoms with Gasteiger partial charge in [-0.25, -0.2) is 13.6 Å². The van der Waals surface area contributed by atoms with Gasteiger partial charge in [-0.2, -0.15) is 0 Å². The molecular weight excluding hydrogens is 216 g/mol. The maximum atomic E-state index is 12.8. The molecule has 1 fully saturated rings. The Kier molecular flexibility index (Phi) is 2.77. The Morgan fingerprint density at radius 3 is 2.50 bits per heavy atom. The van der Waals surface area contributed by atoms with Crippen molar-refractivity contribution in [3.05, 3.63) is 35.9 Å².